The molecule has 0 aliphatic heterocycles. The standard InChI is InChI=1S/C9H9Cl.CH4O/c10-9-5-3-8(4-6-9)7-1-2-7;1-2/h3-7H,1-2H2;2H,1H3. The number of hydrogen-bond acceptors (Lipinski definition) is 1. The van der Waals surface area contributed by atoms with Gasteiger partial charge in [-0.05, 0) is 36.5 Å². The van der Waals surface area contributed by atoms with Crippen molar-refractivity contribution in [2.75, 3.05) is 7.11 Å². The Balaban J connectivity index is 0.000000336. The Morgan fingerprint density at radius 1 is 1.17 bits per heavy atom. The second-order valence-corrected chi connectivity index (χ2v) is 3.26. The minimum absolute atomic E-state index is 0.837. The fraction of sp³-hybridized carbons (Fsp3) is 0.400. The van der Waals surface area contributed by atoms with Crippen LogP contribution in [0, 0.1) is 0 Å². The maximum Gasteiger partial charge on any atom is 0.0406 e. The molecule has 1 aliphatic carbocycles. The molecule has 2 rings (SSSR count). The first-order chi connectivity index (χ1) is 5.86. The van der Waals surface area contributed by atoms with Crippen molar-refractivity contribution in [1.29, 1.82) is 0 Å². The minimum atomic E-state index is 0.837. The molecule has 0 heterocycles. The van der Waals surface area contributed by atoms with Crippen LogP contribution in [0.3, 0.4) is 0 Å². The molecule has 1 nitrogen and oxygen atoms in total. The third-order valence-electron chi connectivity index (χ3n) is 1.92. The quantitative estimate of drug-likeness (QED) is 0.712. The Kier molecular flexibility index (Phi) is 3.57. The van der Waals surface area contributed by atoms with Crippen LogP contribution in [0.15, 0.2) is 24.3 Å². The van der Waals surface area contributed by atoms with E-state index in [0.717, 1.165) is 18.1 Å². The smallest absolute Gasteiger partial charge is 0.0406 e. The summed E-state index contributed by atoms with van der Waals surface area (Å²) in [5.74, 6) is 0.845. The van der Waals surface area contributed by atoms with Gasteiger partial charge in [-0.2, -0.15) is 0 Å². The molecule has 0 radical (unpaired) electrons. The molecule has 0 saturated heterocycles. The zero-order valence-corrected chi connectivity index (χ0v) is 7.88. The summed E-state index contributed by atoms with van der Waals surface area (Å²) in [5.41, 5.74) is 1.45. The predicted molar refractivity (Wildman–Crippen MR) is 51.6 cm³/mol. The topological polar surface area (TPSA) is 20.2 Å². The Morgan fingerprint density at radius 2 is 1.67 bits per heavy atom. The molecule has 0 bridgehead atoms. The molecule has 1 aliphatic rings. The largest absolute Gasteiger partial charge is 0.400 e. The molecule has 0 amide bonds. The molecular formula is C10H13ClO. The summed E-state index contributed by atoms with van der Waals surface area (Å²) < 4.78 is 0. The number of aliphatic hydroxyl groups excluding tert-OH is 1. The van der Waals surface area contributed by atoms with Crippen LogP contribution in [0.25, 0.3) is 0 Å². The lowest BCUT2D eigenvalue weighted by atomic mass is 10.1. The monoisotopic (exact) mass is 184 g/mol. The molecule has 0 spiro atoms. The van der Waals surface area contributed by atoms with E-state index in [1.165, 1.54) is 18.4 Å². The summed E-state index contributed by atoms with van der Waals surface area (Å²) in [6, 6.07) is 8.18. The van der Waals surface area contributed by atoms with E-state index in [-0.39, 0.29) is 0 Å². The lowest BCUT2D eigenvalue weighted by molar-refractivity contribution is 0.399. The van der Waals surface area contributed by atoms with Crippen LogP contribution in [0.1, 0.15) is 24.3 Å². The van der Waals surface area contributed by atoms with Gasteiger partial charge in [0.25, 0.3) is 0 Å². The third-order valence-corrected chi connectivity index (χ3v) is 2.17. The maximum atomic E-state index is 7.00. The van der Waals surface area contributed by atoms with Crippen LogP contribution >= 0.6 is 11.6 Å². The van der Waals surface area contributed by atoms with Crippen molar-refractivity contribution in [1.82, 2.24) is 0 Å². The zero-order chi connectivity index (χ0) is 8.97. The van der Waals surface area contributed by atoms with Gasteiger partial charge in [0, 0.05) is 12.1 Å². The number of hydrogen-bond donors (Lipinski definition) is 1. The molecule has 1 aromatic rings. The number of rotatable bonds is 1. The van der Waals surface area contributed by atoms with Gasteiger partial charge in [-0.25, -0.2) is 0 Å². The van der Waals surface area contributed by atoms with Crippen molar-refractivity contribution < 1.29 is 5.11 Å². The Bertz CT molecular complexity index is 226. The van der Waals surface area contributed by atoms with Gasteiger partial charge in [-0.1, -0.05) is 23.7 Å². The van der Waals surface area contributed by atoms with E-state index in [0.29, 0.717) is 0 Å². The van der Waals surface area contributed by atoms with Crippen LogP contribution in [0.4, 0.5) is 0 Å². The number of aliphatic hydroxyl groups is 1. The molecule has 1 saturated carbocycles. The minimum Gasteiger partial charge on any atom is -0.400 e. The summed E-state index contributed by atoms with van der Waals surface area (Å²) in [5, 5.41) is 7.84. The highest BCUT2D eigenvalue weighted by molar-refractivity contribution is 6.30. The van der Waals surface area contributed by atoms with E-state index in [2.05, 4.69) is 12.1 Å². The van der Waals surface area contributed by atoms with Crippen molar-refractivity contribution in [3.8, 4) is 0 Å². The van der Waals surface area contributed by atoms with Crippen molar-refractivity contribution in [2.24, 2.45) is 0 Å². The van der Waals surface area contributed by atoms with Gasteiger partial charge in [0.15, 0.2) is 0 Å². The molecule has 0 aromatic heterocycles. The molecule has 0 atom stereocenters. The second kappa shape index (κ2) is 4.48. The van der Waals surface area contributed by atoms with Crippen LogP contribution in [0.5, 0.6) is 0 Å². The first-order valence-corrected chi connectivity index (χ1v) is 4.44. The first-order valence-electron chi connectivity index (χ1n) is 4.06. The third kappa shape index (κ3) is 2.50. The zero-order valence-electron chi connectivity index (χ0n) is 7.13. The van der Waals surface area contributed by atoms with Crippen LogP contribution < -0.4 is 0 Å². The Labute approximate surface area is 78.0 Å². The molecule has 0 unspecified atom stereocenters. The van der Waals surface area contributed by atoms with E-state index in [9.17, 15) is 0 Å². The molecule has 2 heteroatoms. The van der Waals surface area contributed by atoms with Crippen molar-refractivity contribution in [3.05, 3.63) is 34.9 Å². The summed E-state index contributed by atoms with van der Waals surface area (Å²) in [6.45, 7) is 0. The average Bonchev–Trinajstić information content (AvgIpc) is 2.93. The number of halogens is 1. The molecule has 12 heavy (non-hydrogen) atoms. The van der Waals surface area contributed by atoms with Crippen LogP contribution in [-0.2, 0) is 0 Å². The van der Waals surface area contributed by atoms with Gasteiger partial charge in [0.05, 0.1) is 0 Å². The van der Waals surface area contributed by atoms with E-state index in [4.69, 9.17) is 16.7 Å². The fourth-order valence-electron chi connectivity index (χ4n) is 1.15. The van der Waals surface area contributed by atoms with E-state index in [1.807, 2.05) is 12.1 Å². The lowest BCUT2D eigenvalue weighted by Gasteiger charge is -1.95. The molecule has 1 aromatic carbocycles. The molecule has 1 fully saturated rings. The normalized spacial score (nSPS) is 14.9. The highest BCUT2D eigenvalue weighted by atomic mass is 35.5. The SMILES string of the molecule is CO.Clc1ccc(C2CC2)cc1. The van der Waals surface area contributed by atoms with Crippen molar-refractivity contribution in [2.45, 2.75) is 18.8 Å². The van der Waals surface area contributed by atoms with Gasteiger partial charge in [0.1, 0.15) is 0 Å². The summed E-state index contributed by atoms with van der Waals surface area (Å²) in [4.78, 5) is 0. The van der Waals surface area contributed by atoms with Crippen molar-refractivity contribution in [3.63, 3.8) is 0 Å². The van der Waals surface area contributed by atoms with Gasteiger partial charge < -0.3 is 5.11 Å². The predicted octanol–water partition coefficient (Wildman–Crippen LogP) is 2.83. The van der Waals surface area contributed by atoms with Crippen LogP contribution in [0.2, 0.25) is 5.02 Å². The van der Waals surface area contributed by atoms with E-state index < -0.39 is 0 Å². The summed E-state index contributed by atoms with van der Waals surface area (Å²) in [7, 11) is 1.00. The Hall–Kier alpha value is -0.530. The molecule has 1 N–H and O–H groups in total. The second-order valence-electron chi connectivity index (χ2n) is 2.83. The van der Waals surface area contributed by atoms with Gasteiger partial charge in [-0.15, -0.1) is 0 Å². The van der Waals surface area contributed by atoms with E-state index >= 15 is 0 Å². The maximum absolute atomic E-state index is 7.00. The fourth-order valence-corrected chi connectivity index (χ4v) is 1.28. The van der Waals surface area contributed by atoms with Gasteiger partial charge >= 0.3 is 0 Å². The molecule has 66 valence electrons. The highest BCUT2D eigenvalue weighted by Gasteiger charge is 2.22. The Morgan fingerprint density at radius 3 is 2.08 bits per heavy atom. The highest BCUT2D eigenvalue weighted by Crippen LogP contribution is 2.40. The van der Waals surface area contributed by atoms with Gasteiger partial charge in [0.2, 0.25) is 0 Å². The van der Waals surface area contributed by atoms with Gasteiger partial charge in [-0.3, -0.25) is 0 Å². The first kappa shape index (κ1) is 9.56. The summed E-state index contributed by atoms with van der Waals surface area (Å²) in [6.07, 6.45) is 2.73. The molecular weight excluding hydrogens is 172 g/mol. The lowest BCUT2D eigenvalue weighted by Crippen LogP contribution is -1.75. The summed E-state index contributed by atoms with van der Waals surface area (Å²) >= 11 is 5.74. The van der Waals surface area contributed by atoms with Crippen LogP contribution in [-0.4, -0.2) is 12.2 Å². The van der Waals surface area contributed by atoms with Crippen molar-refractivity contribution >= 4 is 11.6 Å². The average molecular weight is 185 g/mol. The number of benzene rings is 1. The van der Waals surface area contributed by atoms with E-state index in [1.54, 1.807) is 0 Å².